The van der Waals surface area contributed by atoms with Crippen LogP contribution in [0.1, 0.15) is 72.7 Å². The van der Waals surface area contributed by atoms with Crippen LogP contribution in [0.4, 0.5) is 43.7 Å². The number of nitrogens with two attached hydrogens (primary N) is 1. The number of anilines is 4. The number of nitro benzene ring substituents is 2. The van der Waals surface area contributed by atoms with Crippen molar-refractivity contribution in [3.63, 3.8) is 0 Å². The standard InChI is InChI=1S/C11H16BN3O3.C11H18BN3O.C10H13N3O2.C10H18O5.4CH4.H2/c1-12(16)14-8-6-13(7-9-14)10-2-4-11(5-3-10)15(17)18;1-12(16)15-8-6-14(7-9-15)11-4-2-10(13)3-5-11;14-13(15)10-3-1-9(2-4-10)12-7-5-11-6-8-12;1-9(2,3)14-7(11)13-8(12)15-10(4,5)6;;;;;/h2-5,16H,6-9H2,1H3;2-5,16H,6-9,13H2,1H3;1-4,11H,5-8H2;1-6H3;4*1H4;1H. The van der Waals surface area contributed by atoms with E-state index in [2.05, 4.69) is 29.6 Å². The van der Waals surface area contributed by atoms with Crippen molar-refractivity contribution in [3.05, 3.63) is 93.0 Å². The van der Waals surface area contributed by atoms with E-state index < -0.39 is 35.5 Å². The van der Waals surface area contributed by atoms with Crippen LogP contribution >= 0.6 is 0 Å². The predicted octanol–water partition coefficient (Wildman–Crippen LogP) is 8.00. The topological polar surface area (TPSA) is 243 Å². The number of rotatable bonds is 7. The van der Waals surface area contributed by atoms with Gasteiger partial charge in [-0.3, -0.25) is 20.2 Å². The summed E-state index contributed by atoms with van der Waals surface area (Å²) < 4.78 is 13.8. The largest absolute Gasteiger partial charge is 0.519 e. The van der Waals surface area contributed by atoms with E-state index in [1.807, 2.05) is 48.0 Å². The SMILES string of the molecule is C.C.C.C.CB(O)N1CCN(c2ccc(N)cc2)CC1.CB(O)N1CCN(c2ccc([N+](=O)[O-])cc2)CC1.CC(C)(C)OC(=O)OC(=O)OC(C)(C)C.O=[N+]([O-])c1ccc(N2CCNCC2)cc1.[HH]. The molecule has 20 nitrogen and oxygen atoms in total. The third kappa shape index (κ3) is 23.9. The average Bonchev–Trinajstić information content (AvgIpc) is 3.23. The number of piperazine rings is 3. The molecule has 3 aromatic carbocycles. The zero-order valence-corrected chi connectivity index (χ0v) is 38.3. The summed E-state index contributed by atoms with van der Waals surface area (Å²) in [5.74, 6) is 0. The summed E-state index contributed by atoms with van der Waals surface area (Å²) in [7, 11) is -0.752. The number of nitrogens with one attached hydrogen (secondary N) is 1. The number of non-ortho nitro benzene ring substituents is 2. The maximum absolute atomic E-state index is 11.0. The molecule has 5 N–H and O–H groups in total. The first-order valence-corrected chi connectivity index (χ1v) is 21.3. The van der Waals surface area contributed by atoms with E-state index in [-0.39, 0.29) is 54.5 Å². The van der Waals surface area contributed by atoms with Gasteiger partial charge in [0, 0.05) is 127 Å². The highest BCUT2D eigenvalue weighted by atomic mass is 16.8. The van der Waals surface area contributed by atoms with Gasteiger partial charge in [-0.2, -0.15) is 0 Å². The average molecular weight is 960 g/mol. The fourth-order valence-electron chi connectivity index (χ4n) is 6.50. The molecule has 3 aliphatic rings. The number of nitrogens with zero attached hydrogens (tertiary/aromatic N) is 7. The number of nitrogen functional groups attached to an aromatic ring is 1. The molecule has 0 spiro atoms. The lowest BCUT2D eigenvalue weighted by molar-refractivity contribution is -0.385. The van der Waals surface area contributed by atoms with Crippen molar-refractivity contribution < 1.29 is 45.1 Å². The molecule has 0 amide bonds. The number of carbonyl (C=O) groups is 2. The van der Waals surface area contributed by atoms with E-state index in [1.165, 1.54) is 17.8 Å². The van der Waals surface area contributed by atoms with Crippen molar-refractivity contribution in [2.75, 3.05) is 99.0 Å². The molecule has 3 heterocycles. The Morgan fingerprint density at radius 3 is 1.12 bits per heavy atom. The minimum atomic E-state index is -1.06. The molecule has 3 saturated heterocycles. The Balaban J connectivity index is -0.000000824. The molecule has 0 unspecified atom stereocenters. The van der Waals surface area contributed by atoms with Crippen LogP contribution in [-0.2, 0) is 14.2 Å². The van der Waals surface area contributed by atoms with E-state index in [0.29, 0.717) is 0 Å². The Morgan fingerprint density at radius 1 is 0.574 bits per heavy atom. The highest BCUT2D eigenvalue weighted by Crippen LogP contribution is 2.22. The maximum Gasteiger partial charge on any atom is 0.519 e. The molecule has 22 heteroatoms. The molecule has 68 heavy (non-hydrogen) atoms. The van der Waals surface area contributed by atoms with Crippen LogP contribution < -0.4 is 25.8 Å². The van der Waals surface area contributed by atoms with Gasteiger partial charge in [-0.15, -0.1) is 0 Å². The zero-order chi connectivity index (χ0) is 47.6. The number of ether oxygens (including phenoxy) is 3. The molecule has 0 radical (unpaired) electrons. The van der Waals surface area contributed by atoms with Gasteiger partial charge < -0.3 is 59.6 Å². The van der Waals surface area contributed by atoms with E-state index in [1.54, 1.807) is 72.6 Å². The number of benzene rings is 3. The first-order chi connectivity index (χ1) is 30.0. The molecule has 0 atom stereocenters. The van der Waals surface area contributed by atoms with E-state index in [9.17, 15) is 39.9 Å². The molecular formula is C46H83B2N9O11. The highest BCUT2D eigenvalue weighted by Gasteiger charge is 2.26. The summed E-state index contributed by atoms with van der Waals surface area (Å²) in [5, 5.41) is 43.2. The second-order valence-corrected chi connectivity index (χ2v) is 17.2. The third-order valence-corrected chi connectivity index (χ3v) is 9.86. The second kappa shape index (κ2) is 30.7. The van der Waals surface area contributed by atoms with Crippen molar-refractivity contribution >= 4 is 60.5 Å². The van der Waals surface area contributed by atoms with Gasteiger partial charge in [-0.05, 0) is 104 Å². The Labute approximate surface area is 407 Å². The van der Waals surface area contributed by atoms with Crippen LogP contribution in [0.2, 0.25) is 13.6 Å². The molecule has 0 aromatic heterocycles. The van der Waals surface area contributed by atoms with Crippen LogP contribution in [0.3, 0.4) is 0 Å². The molecule has 3 fully saturated rings. The lowest BCUT2D eigenvalue weighted by Crippen LogP contribution is -2.51. The Bertz CT molecular complexity index is 1880. The molecule has 384 valence electrons. The first kappa shape index (κ1) is 64.4. The Morgan fingerprint density at radius 2 is 0.853 bits per heavy atom. The van der Waals surface area contributed by atoms with Crippen LogP contribution in [0.25, 0.3) is 0 Å². The van der Waals surface area contributed by atoms with Crippen LogP contribution in [0, 0.1) is 20.2 Å². The lowest BCUT2D eigenvalue weighted by Gasteiger charge is -2.36. The smallest absolute Gasteiger partial charge is 0.437 e. The van der Waals surface area contributed by atoms with Gasteiger partial charge in [0.1, 0.15) is 11.2 Å². The van der Waals surface area contributed by atoms with Gasteiger partial charge in [0.25, 0.3) is 11.4 Å². The first-order valence-electron chi connectivity index (χ1n) is 21.3. The Kier molecular flexibility index (Phi) is 29.0. The fraction of sp³-hybridized carbons (Fsp3) is 0.565. The molecule has 6 rings (SSSR count). The maximum atomic E-state index is 11.0. The summed E-state index contributed by atoms with van der Waals surface area (Å²) in [6.45, 7) is 24.4. The zero-order valence-electron chi connectivity index (χ0n) is 38.3. The molecular weight excluding hydrogens is 876 g/mol. The van der Waals surface area contributed by atoms with Crippen molar-refractivity contribution in [1.82, 2.24) is 14.9 Å². The van der Waals surface area contributed by atoms with Gasteiger partial charge in [-0.25, -0.2) is 9.59 Å². The summed E-state index contributed by atoms with van der Waals surface area (Å²) in [5.41, 5.74) is 8.58. The van der Waals surface area contributed by atoms with Crippen molar-refractivity contribution in [2.24, 2.45) is 0 Å². The summed E-state index contributed by atoms with van der Waals surface area (Å²) in [4.78, 5) is 53.1. The normalized spacial score (nSPS) is 14.8. The third-order valence-electron chi connectivity index (χ3n) is 9.86. The summed E-state index contributed by atoms with van der Waals surface area (Å²) >= 11 is 0. The highest BCUT2D eigenvalue weighted by molar-refractivity contribution is 6.45. The monoisotopic (exact) mass is 960 g/mol. The van der Waals surface area contributed by atoms with Gasteiger partial charge in [0.2, 0.25) is 0 Å². The molecule has 3 aliphatic heterocycles. The predicted molar refractivity (Wildman–Crippen MR) is 280 cm³/mol. The van der Waals surface area contributed by atoms with Crippen molar-refractivity contribution in [3.8, 4) is 0 Å². The fourth-order valence-corrected chi connectivity index (χ4v) is 6.50. The molecule has 0 aliphatic carbocycles. The lowest BCUT2D eigenvalue weighted by atomic mass is 9.84. The van der Waals surface area contributed by atoms with Gasteiger partial charge in [0.05, 0.1) is 9.85 Å². The summed E-state index contributed by atoms with van der Waals surface area (Å²) in [6.07, 6.45) is -2.12. The second-order valence-electron chi connectivity index (χ2n) is 17.2. The van der Waals surface area contributed by atoms with Gasteiger partial charge >= 0.3 is 26.4 Å². The van der Waals surface area contributed by atoms with Crippen LogP contribution in [0.5, 0.6) is 0 Å². The van der Waals surface area contributed by atoms with E-state index >= 15 is 0 Å². The summed E-state index contributed by atoms with van der Waals surface area (Å²) in [6, 6.07) is 21.3. The Hall–Kier alpha value is -5.67. The quantitative estimate of drug-likeness (QED) is 0.0438. The number of nitro groups is 2. The molecule has 3 aromatic rings. The number of carbonyl (C=O) groups excluding carboxylic acids is 2. The van der Waals surface area contributed by atoms with E-state index in [4.69, 9.17) is 15.2 Å². The number of hydrogen-bond acceptors (Lipinski definition) is 18. The minimum Gasteiger partial charge on any atom is -0.437 e. The molecule has 0 saturated carbocycles. The van der Waals surface area contributed by atoms with Crippen LogP contribution in [-0.4, -0.2) is 146 Å². The van der Waals surface area contributed by atoms with Gasteiger partial charge in [0.15, 0.2) is 0 Å². The van der Waals surface area contributed by atoms with Crippen molar-refractivity contribution in [1.29, 1.82) is 0 Å². The number of hydrogen-bond donors (Lipinski definition) is 4. The molecule has 0 bridgehead atoms. The van der Waals surface area contributed by atoms with Gasteiger partial charge in [-0.1, -0.05) is 29.7 Å². The van der Waals surface area contributed by atoms with Crippen molar-refractivity contribution in [2.45, 2.75) is 96.1 Å². The minimum absolute atomic E-state index is 0. The van der Waals surface area contributed by atoms with E-state index in [0.717, 1.165) is 95.6 Å². The van der Waals surface area contributed by atoms with Crippen LogP contribution in [0.15, 0.2) is 72.8 Å².